The molecule has 0 amide bonds. The molecular weight excluding hydrogens is 479 g/mol. The first kappa shape index (κ1) is 21.1. The van der Waals surface area contributed by atoms with Crippen molar-refractivity contribution >= 4 is 28.0 Å². The molecule has 2 fully saturated rings. The minimum absolute atomic E-state index is 0.0210. The quantitative estimate of drug-likeness (QED) is 0.361. The van der Waals surface area contributed by atoms with Gasteiger partial charge in [0.15, 0.2) is 17.5 Å². The van der Waals surface area contributed by atoms with E-state index in [0.717, 1.165) is 6.08 Å². The molecule has 0 unspecified atom stereocenters. The zero-order valence-electron chi connectivity index (χ0n) is 15.3. The van der Waals surface area contributed by atoms with Crippen molar-refractivity contribution in [2.24, 2.45) is 5.34 Å². The van der Waals surface area contributed by atoms with Crippen molar-refractivity contribution in [2.45, 2.75) is 43.6 Å². The van der Waals surface area contributed by atoms with E-state index < -0.39 is 48.2 Å². The van der Waals surface area contributed by atoms with Gasteiger partial charge in [-0.05, 0) is 30.7 Å². The number of nitrogens with zero attached hydrogens (tertiary/aromatic N) is 1. The van der Waals surface area contributed by atoms with Gasteiger partial charge < -0.3 is 23.8 Å². The number of benzene rings is 1. The molecule has 1 aromatic carbocycles. The van der Waals surface area contributed by atoms with E-state index in [-0.39, 0.29) is 19.0 Å². The predicted molar refractivity (Wildman–Crippen MR) is 97.4 cm³/mol. The van der Waals surface area contributed by atoms with Gasteiger partial charge in [-0.25, -0.2) is 4.79 Å². The summed E-state index contributed by atoms with van der Waals surface area (Å²) in [5.41, 5.74) is 0.118. The Labute approximate surface area is 176 Å². The fourth-order valence-corrected chi connectivity index (χ4v) is 4.33. The Morgan fingerprint density at radius 3 is 2.53 bits per heavy atom. The van der Waals surface area contributed by atoms with Gasteiger partial charge in [-0.3, -0.25) is 0 Å². The van der Waals surface area contributed by atoms with Crippen LogP contribution in [-0.2, 0) is 23.8 Å². The Morgan fingerprint density at radius 1 is 1.20 bits per heavy atom. The minimum Gasteiger partial charge on any atom is -0.475 e. The van der Waals surface area contributed by atoms with E-state index >= 15 is 0 Å². The number of alkyl halides is 3. The molecule has 0 aromatic heterocycles. The van der Waals surface area contributed by atoms with Gasteiger partial charge in [0.1, 0.15) is 18.0 Å². The van der Waals surface area contributed by atoms with E-state index in [4.69, 9.17) is 18.9 Å². The maximum absolute atomic E-state index is 13.6. The van der Waals surface area contributed by atoms with Gasteiger partial charge in [-0.1, -0.05) is 15.9 Å². The second-order valence-electron chi connectivity index (χ2n) is 7.04. The summed E-state index contributed by atoms with van der Waals surface area (Å²) < 4.78 is 62.8. The fraction of sp³-hybridized carbons (Fsp3) is 0.500. The van der Waals surface area contributed by atoms with Crippen LogP contribution >= 0.6 is 15.9 Å². The van der Waals surface area contributed by atoms with Crippen molar-refractivity contribution in [1.82, 2.24) is 0 Å². The number of hydrogen-bond donors (Lipinski definition) is 0. The third kappa shape index (κ3) is 3.79. The Balaban J connectivity index is 1.58. The minimum atomic E-state index is -4.84. The molecule has 2 saturated heterocycles. The van der Waals surface area contributed by atoms with Gasteiger partial charge in [0.05, 0.1) is 18.8 Å². The van der Waals surface area contributed by atoms with E-state index in [1.165, 1.54) is 0 Å². The SMILES string of the molecule is Cc1cc(Br)cc2c1O[C@H](C(F)(F)F)C(C(=O)O[C@H]1CO[C@H]3[C@@H]1OC[C@H]3ON=O)=C2. The lowest BCUT2D eigenvalue weighted by Crippen LogP contribution is -2.42. The van der Waals surface area contributed by atoms with Crippen molar-refractivity contribution in [3.63, 3.8) is 0 Å². The molecule has 4 rings (SSSR count). The first-order chi connectivity index (χ1) is 14.2. The predicted octanol–water partition coefficient (Wildman–Crippen LogP) is 3.24. The fourth-order valence-electron chi connectivity index (χ4n) is 3.74. The molecule has 8 nitrogen and oxygen atoms in total. The highest BCUT2D eigenvalue weighted by molar-refractivity contribution is 9.10. The summed E-state index contributed by atoms with van der Waals surface area (Å²) in [6.07, 6.45) is -9.44. The Bertz CT molecular complexity index is 907. The second kappa shape index (κ2) is 7.82. The lowest BCUT2D eigenvalue weighted by Gasteiger charge is -2.29. The molecule has 0 N–H and O–H groups in total. The highest BCUT2D eigenvalue weighted by Gasteiger charge is 2.53. The molecule has 0 saturated carbocycles. The number of rotatable bonds is 4. The van der Waals surface area contributed by atoms with Crippen LogP contribution in [0.1, 0.15) is 11.1 Å². The highest BCUT2D eigenvalue weighted by Crippen LogP contribution is 2.41. The lowest BCUT2D eigenvalue weighted by molar-refractivity contribution is -0.189. The molecule has 0 radical (unpaired) electrons. The molecule has 3 aliphatic heterocycles. The van der Waals surface area contributed by atoms with Gasteiger partial charge >= 0.3 is 12.1 Å². The van der Waals surface area contributed by atoms with Gasteiger partial charge in [0.2, 0.25) is 6.10 Å². The molecule has 3 aliphatic rings. The average molecular weight is 494 g/mol. The molecule has 162 valence electrons. The Kier molecular flexibility index (Phi) is 5.49. The van der Waals surface area contributed by atoms with Crippen molar-refractivity contribution in [3.8, 4) is 5.75 Å². The number of fused-ring (bicyclic) bond motifs is 2. The summed E-state index contributed by atoms with van der Waals surface area (Å²) >= 11 is 3.27. The summed E-state index contributed by atoms with van der Waals surface area (Å²) in [5.74, 6) is -1.15. The summed E-state index contributed by atoms with van der Waals surface area (Å²) in [6.45, 7) is 1.47. The van der Waals surface area contributed by atoms with Crippen LogP contribution in [0.25, 0.3) is 6.08 Å². The molecular formula is C18H15BrF3NO7. The zero-order chi connectivity index (χ0) is 21.6. The van der Waals surface area contributed by atoms with Gasteiger partial charge in [0.25, 0.3) is 0 Å². The third-order valence-electron chi connectivity index (χ3n) is 5.03. The molecule has 5 atom stereocenters. The van der Waals surface area contributed by atoms with E-state index in [1.807, 2.05) is 0 Å². The molecule has 0 aliphatic carbocycles. The van der Waals surface area contributed by atoms with Crippen molar-refractivity contribution < 1.29 is 41.8 Å². The largest absolute Gasteiger partial charge is 0.475 e. The van der Waals surface area contributed by atoms with Crippen LogP contribution in [0.2, 0.25) is 0 Å². The average Bonchev–Trinajstić information content (AvgIpc) is 3.24. The molecule has 0 bridgehead atoms. The molecule has 12 heteroatoms. The molecule has 3 heterocycles. The van der Waals surface area contributed by atoms with Crippen LogP contribution in [0.3, 0.4) is 0 Å². The summed E-state index contributed by atoms with van der Waals surface area (Å²) in [5, 5.41) is 2.34. The van der Waals surface area contributed by atoms with Crippen LogP contribution in [0.5, 0.6) is 5.75 Å². The number of carbonyl (C=O) groups is 1. The van der Waals surface area contributed by atoms with Crippen LogP contribution in [-0.4, -0.2) is 55.9 Å². The monoisotopic (exact) mass is 493 g/mol. The number of carbonyl (C=O) groups excluding carboxylic acids is 1. The Hall–Kier alpha value is -2.18. The van der Waals surface area contributed by atoms with Crippen LogP contribution in [0.15, 0.2) is 27.5 Å². The maximum Gasteiger partial charge on any atom is 0.430 e. The maximum atomic E-state index is 13.6. The van der Waals surface area contributed by atoms with E-state index in [9.17, 15) is 22.9 Å². The van der Waals surface area contributed by atoms with Crippen LogP contribution in [0, 0.1) is 11.8 Å². The van der Waals surface area contributed by atoms with Gasteiger partial charge in [-0.2, -0.15) is 13.2 Å². The second-order valence-corrected chi connectivity index (χ2v) is 7.95. The Morgan fingerprint density at radius 2 is 1.87 bits per heavy atom. The number of aryl methyl sites for hydroxylation is 1. The summed E-state index contributed by atoms with van der Waals surface area (Å²) in [6, 6.07) is 3.16. The number of esters is 1. The molecule has 0 spiro atoms. The van der Waals surface area contributed by atoms with E-state index in [2.05, 4.69) is 26.1 Å². The van der Waals surface area contributed by atoms with E-state index in [1.54, 1.807) is 19.1 Å². The number of halogens is 4. The van der Waals surface area contributed by atoms with E-state index in [0.29, 0.717) is 15.6 Å². The first-order valence-electron chi connectivity index (χ1n) is 8.87. The topological polar surface area (TPSA) is 92.7 Å². The number of ether oxygens (including phenoxy) is 4. The standard InChI is InChI=1S/C18H15BrF3NO7/c1-7-2-9(19)3-8-4-10(16(18(20,21)22)29-13(7)8)17(24)28-11-5-26-15-12(30-23-25)6-27-14(11)15/h2-4,11-12,14-16H,5-6H2,1H3/t11-,12+,14+,15+,16-/m0/s1. The third-order valence-corrected chi connectivity index (χ3v) is 5.49. The smallest absolute Gasteiger partial charge is 0.430 e. The normalized spacial score (nSPS) is 30.0. The lowest BCUT2D eigenvalue weighted by atomic mass is 9.99. The van der Waals surface area contributed by atoms with Gasteiger partial charge in [-0.15, -0.1) is 4.91 Å². The van der Waals surface area contributed by atoms with Crippen LogP contribution < -0.4 is 4.74 Å². The number of hydrogen-bond acceptors (Lipinski definition) is 8. The highest BCUT2D eigenvalue weighted by atomic mass is 79.9. The van der Waals surface area contributed by atoms with Crippen molar-refractivity contribution in [3.05, 3.63) is 38.2 Å². The molecule has 1 aromatic rings. The van der Waals surface area contributed by atoms with Crippen molar-refractivity contribution in [2.75, 3.05) is 13.2 Å². The van der Waals surface area contributed by atoms with Gasteiger partial charge in [0, 0.05) is 10.0 Å². The zero-order valence-corrected chi connectivity index (χ0v) is 16.9. The summed E-state index contributed by atoms with van der Waals surface area (Å²) in [4.78, 5) is 27.6. The first-order valence-corrected chi connectivity index (χ1v) is 9.66. The van der Waals surface area contributed by atoms with Crippen molar-refractivity contribution in [1.29, 1.82) is 0 Å². The summed E-state index contributed by atoms with van der Waals surface area (Å²) in [7, 11) is 0. The van der Waals surface area contributed by atoms with Crippen LogP contribution in [0.4, 0.5) is 13.2 Å². The molecule has 30 heavy (non-hydrogen) atoms.